The normalized spacial score (nSPS) is 15.7. The van der Waals surface area contributed by atoms with Crippen molar-refractivity contribution in [1.82, 2.24) is 15.2 Å². The molecular formula is C13H15N5. The summed E-state index contributed by atoms with van der Waals surface area (Å²) in [5, 5.41) is 16.9. The molecule has 3 N–H and O–H groups in total. The van der Waals surface area contributed by atoms with Gasteiger partial charge in [0, 0.05) is 5.69 Å². The lowest BCUT2D eigenvalue weighted by atomic mass is 9.92. The van der Waals surface area contributed by atoms with Gasteiger partial charge in [0.1, 0.15) is 11.9 Å². The SMILES string of the molecule is N#Cc1c2c(nc3n[nH]c(N)c13)CCCCCC2. The first kappa shape index (κ1) is 11.0. The minimum atomic E-state index is 0.443. The predicted molar refractivity (Wildman–Crippen MR) is 68.9 cm³/mol. The van der Waals surface area contributed by atoms with E-state index in [0.29, 0.717) is 22.4 Å². The Hall–Kier alpha value is -2.09. The number of anilines is 1. The van der Waals surface area contributed by atoms with Crippen LogP contribution in [-0.4, -0.2) is 15.2 Å². The van der Waals surface area contributed by atoms with Crippen LogP contribution in [0.2, 0.25) is 0 Å². The molecule has 0 aliphatic heterocycles. The van der Waals surface area contributed by atoms with Gasteiger partial charge in [-0.2, -0.15) is 10.4 Å². The third-order valence-electron chi connectivity index (χ3n) is 3.62. The highest BCUT2D eigenvalue weighted by Crippen LogP contribution is 2.29. The lowest BCUT2D eigenvalue weighted by molar-refractivity contribution is 0.609. The van der Waals surface area contributed by atoms with E-state index in [2.05, 4.69) is 21.3 Å². The van der Waals surface area contributed by atoms with E-state index in [-0.39, 0.29) is 0 Å². The van der Waals surface area contributed by atoms with E-state index in [0.717, 1.165) is 36.9 Å². The second-order valence-electron chi connectivity index (χ2n) is 4.77. The number of nitrogen functional groups attached to an aromatic ring is 1. The van der Waals surface area contributed by atoms with Crippen molar-refractivity contribution in [1.29, 1.82) is 5.26 Å². The zero-order valence-electron chi connectivity index (χ0n) is 10.2. The summed E-state index contributed by atoms with van der Waals surface area (Å²) in [6.45, 7) is 0. The molecule has 0 bridgehead atoms. The minimum Gasteiger partial charge on any atom is -0.383 e. The Morgan fingerprint density at radius 1 is 1.17 bits per heavy atom. The fraction of sp³-hybridized carbons (Fsp3) is 0.462. The van der Waals surface area contributed by atoms with Crippen molar-refractivity contribution in [2.24, 2.45) is 0 Å². The van der Waals surface area contributed by atoms with Crippen LogP contribution in [0.25, 0.3) is 11.0 Å². The highest BCUT2D eigenvalue weighted by Gasteiger charge is 2.19. The van der Waals surface area contributed by atoms with Crippen LogP contribution in [-0.2, 0) is 12.8 Å². The number of nitrogens with two attached hydrogens (primary N) is 1. The molecule has 5 nitrogen and oxygen atoms in total. The molecule has 18 heavy (non-hydrogen) atoms. The molecule has 92 valence electrons. The number of nitriles is 1. The van der Waals surface area contributed by atoms with Crippen molar-refractivity contribution < 1.29 is 0 Å². The Kier molecular flexibility index (Phi) is 2.63. The summed E-state index contributed by atoms with van der Waals surface area (Å²) in [6.07, 6.45) is 6.58. The van der Waals surface area contributed by atoms with Gasteiger partial charge in [0.2, 0.25) is 0 Å². The van der Waals surface area contributed by atoms with E-state index < -0.39 is 0 Å². The summed E-state index contributed by atoms with van der Waals surface area (Å²) >= 11 is 0. The smallest absolute Gasteiger partial charge is 0.184 e. The van der Waals surface area contributed by atoms with Crippen LogP contribution < -0.4 is 5.73 Å². The number of nitrogens with one attached hydrogen (secondary N) is 1. The molecule has 0 aromatic carbocycles. The molecular weight excluding hydrogens is 226 g/mol. The number of H-pyrrole nitrogens is 1. The van der Waals surface area contributed by atoms with Crippen LogP contribution >= 0.6 is 0 Å². The lowest BCUT2D eigenvalue weighted by Crippen LogP contribution is -2.06. The van der Waals surface area contributed by atoms with Crippen molar-refractivity contribution in [2.75, 3.05) is 5.73 Å². The Morgan fingerprint density at radius 2 is 1.94 bits per heavy atom. The zero-order valence-corrected chi connectivity index (χ0v) is 10.2. The van der Waals surface area contributed by atoms with Gasteiger partial charge < -0.3 is 5.73 Å². The largest absolute Gasteiger partial charge is 0.383 e. The van der Waals surface area contributed by atoms with Gasteiger partial charge in [0.15, 0.2) is 5.65 Å². The zero-order chi connectivity index (χ0) is 12.5. The third-order valence-corrected chi connectivity index (χ3v) is 3.62. The molecule has 0 saturated heterocycles. The minimum absolute atomic E-state index is 0.443. The second kappa shape index (κ2) is 4.30. The van der Waals surface area contributed by atoms with E-state index in [9.17, 15) is 5.26 Å². The highest BCUT2D eigenvalue weighted by atomic mass is 15.2. The van der Waals surface area contributed by atoms with Gasteiger partial charge in [-0.05, 0) is 31.2 Å². The number of nitrogens with zero attached hydrogens (tertiary/aromatic N) is 3. The lowest BCUT2D eigenvalue weighted by Gasteiger charge is -2.14. The van der Waals surface area contributed by atoms with E-state index in [1.54, 1.807) is 0 Å². The number of rotatable bonds is 0. The summed E-state index contributed by atoms with van der Waals surface area (Å²) in [4.78, 5) is 4.57. The Morgan fingerprint density at radius 3 is 2.72 bits per heavy atom. The van der Waals surface area contributed by atoms with Crippen LogP contribution in [0.5, 0.6) is 0 Å². The number of aromatic amines is 1. The van der Waals surface area contributed by atoms with Crippen LogP contribution in [0.4, 0.5) is 5.82 Å². The monoisotopic (exact) mass is 241 g/mol. The first-order valence-corrected chi connectivity index (χ1v) is 6.36. The number of hydrogen-bond donors (Lipinski definition) is 2. The average molecular weight is 241 g/mol. The number of aryl methyl sites for hydroxylation is 1. The Labute approximate surface area is 105 Å². The summed E-state index contributed by atoms with van der Waals surface area (Å²) in [5.41, 5.74) is 9.20. The van der Waals surface area contributed by atoms with Crippen LogP contribution in [0, 0.1) is 11.3 Å². The summed E-state index contributed by atoms with van der Waals surface area (Å²) in [6, 6.07) is 2.29. The molecule has 2 aromatic heterocycles. The summed E-state index contributed by atoms with van der Waals surface area (Å²) in [7, 11) is 0. The molecule has 0 amide bonds. The van der Waals surface area contributed by atoms with E-state index in [4.69, 9.17) is 5.73 Å². The average Bonchev–Trinajstić information content (AvgIpc) is 2.70. The molecule has 0 atom stereocenters. The molecule has 2 heterocycles. The highest BCUT2D eigenvalue weighted by molar-refractivity contribution is 5.92. The van der Waals surface area contributed by atoms with Crippen molar-refractivity contribution in [3.63, 3.8) is 0 Å². The molecule has 0 radical (unpaired) electrons. The quantitative estimate of drug-likeness (QED) is 0.738. The molecule has 5 heteroatoms. The Bertz CT molecular complexity index is 635. The fourth-order valence-electron chi connectivity index (χ4n) is 2.71. The molecule has 0 spiro atoms. The standard InChI is InChI=1S/C13H15N5/c14-7-9-8-5-3-1-2-4-6-10(8)16-13-11(9)12(15)17-18-13/h1-6H2,(H3,15,16,17,18). The van der Waals surface area contributed by atoms with Gasteiger partial charge >= 0.3 is 0 Å². The van der Waals surface area contributed by atoms with Crippen molar-refractivity contribution >= 4 is 16.9 Å². The van der Waals surface area contributed by atoms with Gasteiger partial charge in [-0.15, -0.1) is 0 Å². The fourth-order valence-corrected chi connectivity index (χ4v) is 2.71. The summed E-state index contributed by atoms with van der Waals surface area (Å²) < 4.78 is 0. The van der Waals surface area contributed by atoms with Gasteiger partial charge in [0.05, 0.1) is 10.9 Å². The molecule has 1 aliphatic carbocycles. The van der Waals surface area contributed by atoms with Crippen molar-refractivity contribution in [3.8, 4) is 6.07 Å². The number of aromatic nitrogens is 3. The maximum Gasteiger partial charge on any atom is 0.184 e. The van der Waals surface area contributed by atoms with Gasteiger partial charge in [-0.3, -0.25) is 5.10 Å². The first-order valence-electron chi connectivity index (χ1n) is 6.36. The van der Waals surface area contributed by atoms with E-state index in [1.807, 2.05) is 0 Å². The summed E-state index contributed by atoms with van der Waals surface area (Å²) in [5.74, 6) is 0.443. The van der Waals surface area contributed by atoms with Gasteiger partial charge in [0.25, 0.3) is 0 Å². The maximum atomic E-state index is 9.42. The molecule has 3 rings (SSSR count). The van der Waals surface area contributed by atoms with Crippen LogP contribution in [0.3, 0.4) is 0 Å². The molecule has 0 saturated carbocycles. The number of pyridine rings is 1. The number of fused-ring (bicyclic) bond motifs is 2. The van der Waals surface area contributed by atoms with Gasteiger partial charge in [-0.1, -0.05) is 12.8 Å². The maximum absolute atomic E-state index is 9.42. The molecule has 0 unspecified atom stereocenters. The third kappa shape index (κ3) is 1.61. The van der Waals surface area contributed by atoms with Crippen LogP contribution in [0.1, 0.15) is 42.5 Å². The topological polar surface area (TPSA) is 91.4 Å². The Balaban J connectivity index is 2.29. The number of hydrogen-bond acceptors (Lipinski definition) is 4. The van der Waals surface area contributed by atoms with Gasteiger partial charge in [-0.25, -0.2) is 4.98 Å². The van der Waals surface area contributed by atoms with E-state index >= 15 is 0 Å². The second-order valence-corrected chi connectivity index (χ2v) is 4.77. The first-order chi connectivity index (χ1) is 8.81. The van der Waals surface area contributed by atoms with Crippen LogP contribution in [0.15, 0.2) is 0 Å². The van der Waals surface area contributed by atoms with Crippen molar-refractivity contribution in [3.05, 3.63) is 16.8 Å². The molecule has 1 aliphatic rings. The van der Waals surface area contributed by atoms with E-state index in [1.165, 1.54) is 12.8 Å². The molecule has 2 aromatic rings. The molecule has 0 fully saturated rings. The predicted octanol–water partition coefficient (Wildman–Crippen LogP) is 2.07. The van der Waals surface area contributed by atoms with Crippen molar-refractivity contribution in [2.45, 2.75) is 38.5 Å².